The number of benzene rings is 1. The molecule has 1 aliphatic rings. The van der Waals surface area contributed by atoms with Crippen LogP contribution in [0, 0.1) is 0 Å². The number of piperidine rings is 1. The maximum Gasteiger partial charge on any atom is 0.338 e. The van der Waals surface area contributed by atoms with Crippen molar-refractivity contribution in [2.75, 3.05) is 27.2 Å². The van der Waals surface area contributed by atoms with E-state index in [1.54, 1.807) is 18.2 Å². The predicted octanol–water partition coefficient (Wildman–Crippen LogP) is 4.98. The van der Waals surface area contributed by atoms with Gasteiger partial charge in [0.15, 0.2) is 0 Å². The monoisotopic (exact) mass is 399 g/mol. The van der Waals surface area contributed by atoms with Crippen LogP contribution in [0.5, 0.6) is 5.75 Å². The number of ether oxygens (including phenoxy) is 2. The molecule has 0 bridgehead atoms. The fraction of sp³-hybridized carbons (Fsp3) is 0.389. The van der Waals surface area contributed by atoms with Crippen LogP contribution < -0.4 is 4.74 Å². The molecule has 0 spiro atoms. The molecule has 4 nitrogen and oxygen atoms in total. The van der Waals surface area contributed by atoms with Crippen molar-refractivity contribution in [3.63, 3.8) is 0 Å². The molecule has 1 saturated heterocycles. The summed E-state index contributed by atoms with van der Waals surface area (Å²) >= 11 is 13.6. The number of nitrogens with zero attached hydrogens (tertiary/aromatic N) is 1. The van der Waals surface area contributed by atoms with E-state index in [1.165, 1.54) is 18.4 Å². The van der Waals surface area contributed by atoms with Crippen molar-refractivity contribution in [2.45, 2.75) is 18.9 Å². The molecular weight excluding hydrogens is 381 g/mol. The van der Waals surface area contributed by atoms with Crippen molar-refractivity contribution in [1.82, 2.24) is 4.90 Å². The molecule has 1 aliphatic heterocycles. The second-order valence-corrected chi connectivity index (χ2v) is 8.38. The minimum absolute atomic E-state index is 0.137. The molecule has 2 heterocycles. The third-order valence-electron chi connectivity index (χ3n) is 4.26. The first-order valence-electron chi connectivity index (χ1n) is 8.00. The van der Waals surface area contributed by atoms with Crippen LogP contribution in [-0.2, 0) is 4.74 Å². The Morgan fingerprint density at radius 1 is 1.20 bits per heavy atom. The summed E-state index contributed by atoms with van der Waals surface area (Å²) in [5, 5.41) is 0. The SMILES string of the molecule is COC(=O)c1cc(OC2CCN(C)CC2)cc(-c2cc(Cl)sc2Cl)c1. The third-order valence-corrected chi connectivity index (χ3v) is 5.75. The lowest BCUT2D eigenvalue weighted by atomic mass is 10.0. The van der Waals surface area contributed by atoms with Crippen LogP contribution in [-0.4, -0.2) is 44.2 Å². The molecule has 0 N–H and O–H groups in total. The summed E-state index contributed by atoms with van der Waals surface area (Å²) in [5.74, 6) is 0.235. The number of rotatable bonds is 4. The molecule has 0 radical (unpaired) electrons. The molecule has 0 aliphatic carbocycles. The fourth-order valence-corrected chi connectivity index (χ4v) is 4.40. The van der Waals surface area contributed by atoms with Gasteiger partial charge in [-0.1, -0.05) is 23.2 Å². The smallest absolute Gasteiger partial charge is 0.338 e. The fourth-order valence-electron chi connectivity index (χ4n) is 2.89. The van der Waals surface area contributed by atoms with Gasteiger partial charge in [0.1, 0.15) is 16.2 Å². The zero-order chi connectivity index (χ0) is 18.0. The number of thiophene rings is 1. The van der Waals surface area contributed by atoms with Gasteiger partial charge in [-0.2, -0.15) is 0 Å². The summed E-state index contributed by atoms with van der Waals surface area (Å²) in [5.41, 5.74) is 2.01. The molecule has 1 aromatic carbocycles. The molecule has 0 atom stereocenters. The standard InChI is InChI=1S/C18H19Cl2NO3S/c1-21-5-3-13(4-6-21)24-14-8-11(7-12(9-14)18(22)23-2)15-10-16(19)25-17(15)20/h7-10,13H,3-6H2,1-2H3. The quantitative estimate of drug-likeness (QED) is 0.679. The second kappa shape index (κ2) is 7.96. The zero-order valence-electron chi connectivity index (χ0n) is 14.1. The molecule has 2 aromatic rings. The van der Waals surface area contributed by atoms with Crippen molar-refractivity contribution in [3.8, 4) is 16.9 Å². The Morgan fingerprint density at radius 2 is 1.92 bits per heavy atom. The number of esters is 1. The van der Waals surface area contributed by atoms with Crippen LogP contribution in [0.3, 0.4) is 0 Å². The van der Waals surface area contributed by atoms with Gasteiger partial charge in [0, 0.05) is 18.7 Å². The van der Waals surface area contributed by atoms with Crippen LogP contribution in [0.25, 0.3) is 11.1 Å². The normalized spacial score (nSPS) is 16.0. The van der Waals surface area contributed by atoms with Gasteiger partial charge in [-0.05, 0) is 49.7 Å². The number of hydrogen-bond acceptors (Lipinski definition) is 5. The Hall–Kier alpha value is -1.27. The molecule has 134 valence electrons. The average Bonchev–Trinajstić information content (AvgIpc) is 2.94. The molecule has 25 heavy (non-hydrogen) atoms. The highest BCUT2D eigenvalue weighted by Crippen LogP contribution is 2.40. The van der Waals surface area contributed by atoms with Gasteiger partial charge in [-0.3, -0.25) is 0 Å². The number of hydrogen-bond donors (Lipinski definition) is 0. The number of carbonyl (C=O) groups excluding carboxylic acids is 1. The molecule has 3 rings (SSSR count). The van der Waals surface area contributed by atoms with Gasteiger partial charge >= 0.3 is 5.97 Å². The lowest BCUT2D eigenvalue weighted by molar-refractivity contribution is 0.0599. The van der Waals surface area contributed by atoms with Gasteiger partial charge in [-0.15, -0.1) is 11.3 Å². The topological polar surface area (TPSA) is 38.8 Å². The van der Waals surface area contributed by atoms with E-state index in [-0.39, 0.29) is 6.10 Å². The first kappa shape index (κ1) is 18.5. The molecule has 7 heteroatoms. The summed E-state index contributed by atoms with van der Waals surface area (Å²) < 4.78 is 12.2. The molecule has 1 aromatic heterocycles. The minimum atomic E-state index is -0.410. The first-order valence-corrected chi connectivity index (χ1v) is 9.57. The van der Waals surface area contributed by atoms with E-state index >= 15 is 0 Å². The van der Waals surface area contributed by atoms with Gasteiger partial charge in [0.25, 0.3) is 0 Å². The van der Waals surface area contributed by atoms with Crippen molar-refractivity contribution >= 4 is 40.5 Å². The summed E-state index contributed by atoms with van der Waals surface area (Å²) in [7, 11) is 3.47. The lowest BCUT2D eigenvalue weighted by Gasteiger charge is -2.29. The van der Waals surface area contributed by atoms with Crippen molar-refractivity contribution in [2.24, 2.45) is 0 Å². The van der Waals surface area contributed by atoms with Crippen LogP contribution in [0.2, 0.25) is 8.67 Å². The summed E-state index contributed by atoms with van der Waals surface area (Å²) in [6, 6.07) is 7.16. The van der Waals surface area contributed by atoms with Crippen LogP contribution in [0.15, 0.2) is 24.3 Å². The van der Waals surface area contributed by atoms with Crippen molar-refractivity contribution in [3.05, 3.63) is 38.5 Å². The van der Waals surface area contributed by atoms with Gasteiger partial charge in [0.2, 0.25) is 0 Å². The number of methoxy groups -OCH3 is 1. The Balaban J connectivity index is 1.93. The molecule has 1 fully saturated rings. The van der Waals surface area contributed by atoms with Gasteiger partial charge < -0.3 is 14.4 Å². The Morgan fingerprint density at radius 3 is 2.52 bits per heavy atom. The van der Waals surface area contributed by atoms with E-state index in [4.69, 9.17) is 32.7 Å². The number of likely N-dealkylation sites (tertiary alicyclic amines) is 1. The van der Waals surface area contributed by atoms with E-state index in [0.717, 1.165) is 37.1 Å². The predicted molar refractivity (Wildman–Crippen MR) is 102 cm³/mol. The van der Waals surface area contributed by atoms with Gasteiger partial charge in [0.05, 0.1) is 17.0 Å². The van der Waals surface area contributed by atoms with Crippen molar-refractivity contribution in [1.29, 1.82) is 0 Å². The van der Waals surface area contributed by atoms with Crippen LogP contribution >= 0.6 is 34.5 Å². The third kappa shape index (κ3) is 4.47. The second-order valence-electron chi connectivity index (χ2n) is 6.10. The van der Waals surface area contributed by atoms with Crippen molar-refractivity contribution < 1.29 is 14.3 Å². The van der Waals surface area contributed by atoms with Crippen LogP contribution in [0.1, 0.15) is 23.2 Å². The van der Waals surface area contributed by atoms with E-state index in [9.17, 15) is 4.79 Å². The summed E-state index contributed by atoms with van der Waals surface area (Å²) in [6.07, 6.45) is 2.05. The maximum absolute atomic E-state index is 12.0. The minimum Gasteiger partial charge on any atom is -0.490 e. The van der Waals surface area contributed by atoms with Crippen LogP contribution in [0.4, 0.5) is 0 Å². The average molecular weight is 400 g/mol. The molecular formula is C18H19Cl2NO3S. The van der Waals surface area contributed by atoms with E-state index in [1.807, 2.05) is 6.07 Å². The maximum atomic E-state index is 12.0. The van der Waals surface area contributed by atoms with E-state index < -0.39 is 5.97 Å². The Labute approximate surface area is 161 Å². The molecule has 0 amide bonds. The zero-order valence-corrected chi connectivity index (χ0v) is 16.4. The van der Waals surface area contributed by atoms with Gasteiger partial charge in [-0.25, -0.2) is 4.79 Å². The number of carbonyl (C=O) groups is 1. The molecule has 0 saturated carbocycles. The lowest BCUT2D eigenvalue weighted by Crippen LogP contribution is -2.35. The summed E-state index contributed by atoms with van der Waals surface area (Å²) in [4.78, 5) is 14.3. The first-order chi connectivity index (χ1) is 12.0. The number of halogens is 2. The Bertz CT molecular complexity index is 770. The largest absolute Gasteiger partial charge is 0.490 e. The summed E-state index contributed by atoms with van der Waals surface area (Å²) in [6.45, 7) is 2.00. The molecule has 0 unspecified atom stereocenters. The highest BCUT2D eigenvalue weighted by Gasteiger charge is 2.20. The Kier molecular flexibility index (Phi) is 5.89. The highest BCUT2D eigenvalue weighted by molar-refractivity contribution is 7.20. The highest BCUT2D eigenvalue weighted by atomic mass is 35.5. The van der Waals surface area contributed by atoms with E-state index in [0.29, 0.717) is 20.0 Å². The van der Waals surface area contributed by atoms with E-state index in [2.05, 4.69) is 11.9 Å².